The van der Waals surface area contributed by atoms with Gasteiger partial charge in [0.25, 0.3) is 0 Å². The first-order valence-corrected chi connectivity index (χ1v) is 10.1. The van der Waals surface area contributed by atoms with Gasteiger partial charge >= 0.3 is 81.1 Å². The molecule has 1 aromatic rings. The Kier molecular flexibility index (Phi) is 2.23. The molecule has 0 bridgehead atoms. The summed E-state index contributed by atoms with van der Waals surface area (Å²) in [5.74, 6) is 0. The van der Waals surface area contributed by atoms with Crippen LogP contribution in [0.2, 0.25) is 0 Å². The summed E-state index contributed by atoms with van der Waals surface area (Å²) in [5.41, 5.74) is 0. The molecule has 11 heavy (non-hydrogen) atoms. The normalized spacial score (nSPS) is 19.3. The molecule has 1 fully saturated rings. The fraction of sp³-hybridized carbons (Fsp3) is 0. The van der Waals surface area contributed by atoms with Gasteiger partial charge in [0, 0.05) is 0 Å². The Morgan fingerprint density at radius 3 is 2.27 bits per heavy atom. The molecule has 0 spiro atoms. The minimum atomic E-state index is -3.36. The fourth-order valence-corrected chi connectivity index (χ4v) is 12.8. The van der Waals surface area contributed by atoms with Crippen molar-refractivity contribution in [2.24, 2.45) is 0 Å². The van der Waals surface area contributed by atoms with E-state index in [1.54, 1.807) is 12.1 Å². The van der Waals surface area contributed by atoms with Crippen LogP contribution in [-0.4, -0.2) is 39.3 Å². The predicted molar refractivity (Wildman–Crippen MR) is 40.4 cm³/mol. The van der Waals surface area contributed by atoms with Crippen molar-refractivity contribution < 1.29 is 7.09 Å². The van der Waals surface area contributed by atoms with Gasteiger partial charge in [0.2, 0.25) is 0 Å². The van der Waals surface area contributed by atoms with Gasteiger partial charge in [-0.3, -0.25) is 0 Å². The van der Waals surface area contributed by atoms with Gasteiger partial charge < -0.3 is 0 Å². The van der Waals surface area contributed by atoms with Gasteiger partial charge in [-0.1, -0.05) is 0 Å². The molecule has 1 aromatic carbocycles. The maximum absolute atomic E-state index is 11.5. The molecule has 1 saturated heterocycles. The standard InChI is InChI=1S/C6H7AsO3.Tl/c8-7(9,10)6-4-2-1-3-5-6;/h1-5H,(H2,8,9,10);/q;+2/p-2. The monoisotopic (exact) mass is 405 g/mol. The molecule has 55 valence electrons. The van der Waals surface area contributed by atoms with Crippen molar-refractivity contribution in [3.63, 3.8) is 0 Å². The van der Waals surface area contributed by atoms with Crippen LogP contribution in [0.15, 0.2) is 30.3 Å². The molecule has 2 rings (SSSR count). The van der Waals surface area contributed by atoms with Gasteiger partial charge in [-0.25, -0.2) is 0 Å². The topological polar surface area (TPSA) is 35.5 Å². The summed E-state index contributed by atoms with van der Waals surface area (Å²) in [6.07, 6.45) is 0. The van der Waals surface area contributed by atoms with E-state index in [9.17, 15) is 3.74 Å². The maximum atomic E-state index is 11.5. The molecule has 0 aliphatic carbocycles. The first-order chi connectivity index (χ1) is 5.31. The van der Waals surface area contributed by atoms with E-state index in [0.717, 1.165) is 4.35 Å². The second-order valence-corrected chi connectivity index (χ2v) is 15.5. The van der Waals surface area contributed by atoms with E-state index in [-0.39, 0.29) is 0 Å². The Morgan fingerprint density at radius 1 is 1.18 bits per heavy atom. The summed E-state index contributed by atoms with van der Waals surface area (Å²) in [5, 5.41) is 0. The molecular weight excluding hydrogens is 399 g/mol. The Balaban J connectivity index is 2.37. The van der Waals surface area contributed by atoms with E-state index in [2.05, 4.69) is 0 Å². The van der Waals surface area contributed by atoms with E-state index in [1.165, 1.54) is 0 Å². The zero-order valence-corrected chi connectivity index (χ0v) is 12.0. The predicted octanol–water partition coefficient (Wildman–Crippen LogP) is -0.156. The van der Waals surface area contributed by atoms with Crippen LogP contribution in [0, 0.1) is 0 Å². The number of benzene rings is 1. The summed E-state index contributed by atoms with van der Waals surface area (Å²) < 4.78 is 22.5. The van der Waals surface area contributed by atoms with Crippen LogP contribution >= 0.6 is 0 Å². The summed E-state index contributed by atoms with van der Waals surface area (Å²) in [6.45, 7) is 0. The molecule has 0 aromatic heterocycles. The Morgan fingerprint density at radius 2 is 1.82 bits per heavy atom. The molecule has 0 saturated carbocycles. The molecule has 0 unspecified atom stereocenters. The van der Waals surface area contributed by atoms with Crippen molar-refractivity contribution in [1.82, 2.24) is 0 Å². The van der Waals surface area contributed by atoms with E-state index < -0.39 is 39.3 Å². The first kappa shape index (κ1) is 8.04. The number of hydrogen-bond donors (Lipinski definition) is 0. The van der Waals surface area contributed by atoms with Gasteiger partial charge in [0.1, 0.15) is 0 Å². The zero-order chi connectivity index (χ0) is 7.73. The van der Waals surface area contributed by atoms with E-state index in [1.807, 2.05) is 18.2 Å². The molecule has 1 heterocycles. The Bertz CT molecular complexity index is 292. The molecule has 0 atom stereocenters. The number of rotatable bonds is 1. The van der Waals surface area contributed by atoms with Gasteiger partial charge in [0.05, 0.1) is 0 Å². The summed E-state index contributed by atoms with van der Waals surface area (Å²) in [6, 6.07) is 9.16. The second kappa shape index (κ2) is 3.05. The third kappa shape index (κ3) is 1.47. The average molecular weight is 404 g/mol. The van der Waals surface area contributed by atoms with Crippen LogP contribution < -0.4 is 4.35 Å². The van der Waals surface area contributed by atoms with E-state index in [0.29, 0.717) is 0 Å². The first-order valence-electron chi connectivity index (χ1n) is 3.15. The van der Waals surface area contributed by atoms with Crippen LogP contribution in [0.5, 0.6) is 0 Å². The van der Waals surface area contributed by atoms with Gasteiger partial charge in [0.15, 0.2) is 0 Å². The third-order valence-corrected chi connectivity index (χ3v) is 19.6. The van der Waals surface area contributed by atoms with Crippen LogP contribution in [0.1, 0.15) is 0 Å². The molecular formula is C6H5AsO3Tl. The molecule has 1 aliphatic heterocycles. The van der Waals surface area contributed by atoms with Gasteiger partial charge in [-0.2, -0.15) is 0 Å². The van der Waals surface area contributed by atoms with Crippen LogP contribution in [0.4, 0.5) is 0 Å². The van der Waals surface area contributed by atoms with Crippen LogP contribution in [0.25, 0.3) is 0 Å². The molecule has 0 amide bonds. The average Bonchev–Trinajstić information content (AvgIpc) is 2.02. The van der Waals surface area contributed by atoms with E-state index in [4.69, 9.17) is 3.35 Å². The van der Waals surface area contributed by atoms with Gasteiger partial charge in [-0.05, 0) is 0 Å². The molecule has 0 radical (unpaired) electrons. The van der Waals surface area contributed by atoms with Crippen LogP contribution in [-0.2, 0) is 7.09 Å². The third-order valence-electron chi connectivity index (χ3n) is 1.44. The quantitative estimate of drug-likeness (QED) is 0.611. The Hall–Kier alpha value is 0.421. The van der Waals surface area contributed by atoms with Crippen molar-refractivity contribution in [3.8, 4) is 0 Å². The van der Waals surface area contributed by atoms with Gasteiger partial charge in [-0.15, -0.1) is 0 Å². The number of hydrogen-bond acceptors (Lipinski definition) is 3. The molecule has 5 heteroatoms. The van der Waals surface area contributed by atoms with Crippen LogP contribution in [0.3, 0.4) is 0 Å². The molecule has 3 nitrogen and oxygen atoms in total. The van der Waals surface area contributed by atoms with Crippen molar-refractivity contribution in [3.05, 3.63) is 30.3 Å². The second-order valence-electron chi connectivity index (χ2n) is 2.14. The SMILES string of the molecule is O=[As]1(c2ccccc2)[O][Tl][O]1. The minimum absolute atomic E-state index is 0.744. The van der Waals surface area contributed by atoms with Crippen molar-refractivity contribution in [1.29, 1.82) is 0 Å². The summed E-state index contributed by atoms with van der Waals surface area (Å²) >= 11 is -4.76. The zero-order valence-electron chi connectivity index (χ0n) is 5.64. The molecule has 0 N–H and O–H groups in total. The van der Waals surface area contributed by atoms with Crippen molar-refractivity contribution in [2.75, 3.05) is 0 Å². The summed E-state index contributed by atoms with van der Waals surface area (Å²) in [7, 11) is 0. The fourth-order valence-electron chi connectivity index (χ4n) is 0.853. The summed E-state index contributed by atoms with van der Waals surface area (Å²) in [4.78, 5) is 0. The Labute approximate surface area is 80.6 Å². The van der Waals surface area contributed by atoms with Crippen molar-refractivity contribution in [2.45, 2.75) is 0 Å². The van der Waals surface area contributed by atoms with E-state index >= 15 is 0 Å². The molecule has 1 aliphatic rings. The van der Waals surface area contributed by atoms with Crippen molar-refractivity contribution >= 4 is 43.7 Å².